The summed E-state index contributed by atoms with van der Waals surface area (Å²) >= 11 is 1.56. The molecule has 1 heterocycles. The molecule has 27 heavy (non-hydrogen) atoms. The third-order valence-corrected chi connectivity index (χ3v) is 6.68. The molecule has 0 aromatic heterocycles. The molecule has 0 spiro atoms. The standard InChI is InChI=1S/C17H24N2O6S2/c1-24-17(21)15(7-12-26-2)18-16(20)13-3-5-14(6-4-13)27(22,23)19-8-10-25-11-9-19/h3-6,15H,7-12H2,1-2H3,(H,18,20)/t15-/m1/s1. The van der Waals surface area contributed by atoms with E-state index in [0.29, 0.717) is 38.5 Å². The van der Waals surface area contributed by atoms with Gasteiger partial charge in [0.2, 0.25) is 10.0 Å². The molecule has 1 aromatic rings. The first-order valence-corrected chi connectivity index (χ1v) is 11.3. The minimum atomic E-state index is -3.61. The third kappa shape index (κ3) is 5.68. The van der Waals surface area contributed by atoms with E-state index >= 15 is 0 Å². The maximum atomic E-state index is 12.6. The molecule has 1 aliphatic rings. The molecule has 0 aliphatic carbocycles. The number of morpholine rings is 1. The average Bonchev–Trinajstić information content (AvgIpc) is 2.71. The number of amides is 1. The van der Waals surface area contributed by atoms with Gasteiger partial charge in [0, 0.05) is 18.7 Å². The van der Waals surface area contributed by atoms with Crippen molar-refractivity contribution in [2.45, 2.75) is 17.4 Å². The summed E-state index contributed by atoms with van der Waals surface area (Å²) in [7, 11) is -2.34. The molecule has 0 bridgehead atoms. The lowest BCUT2D eigenvalue weighted by Gasteiger charge is -2.26. The number of sulfonamides is 1. The summed E-state index contributed by atoms with van der Waals surface area (Å²) in [5.74, 6) is -0.276. The highest BCUT2D eigenvalue weighted by molar-refractivity contribution is 7.98. The minimum absolute atomic E-state index is 0.118. The summed E-state index contributed by atoms with van der Waals surface area (Å²) in [6.07, 6.45) is 2.35. The number of thioether (sulfide) groups is 1. The second-order valence-corrected chi connectivity index (χ2v) is 8.80. The van der Waals surface area contributed by atoms with Crippen LogP contribution in [0.3, 0.4) is 0 Å². The molecule has 2 rings (SSSR count). The van der Waals surface area contributed by atoms with Gasteiger partial charge in [0.25, 0.3) is 5.91 Å². The second-order valence-electron chi connectivity index (χ2n) is 5.87. The molecule has 1 amide bonds. The number of benzene rings is 1. The molecule has 0 unspecified atom stereocenters. The maximum Gasteiger partial charge on any atom is 0.328 e. The topological polar surface area (TPSA) is 102 Å². The quantitative estimate of drug-likeness (QED) is 0.624. The highest BCUT2D eigenvalue weighted by Crippen LogP contribution is 2.18. The normalized spacial score (nSPS) is 16.5. The zero-order valence-electron chi connectivity index (χ0n) is 15.3. The molecule has 1 saturated heterocycles. The smallest absolute Gasteiger partial charge is 0.328 e. The SMILES string of the molecule is COC(=O)[C@@H](CCSC)NC(=O)c1ccc(S(=O)(=O)N2CCOCC2)cc1. The van der Waals surface area contributed by atoms with Crippen molar-refractivity contribution in [1.82, 2.24) is 9.62 Å². The number of nitrogens with one attached hydrogen (secondary N) is 1. The fraction of sp³-hybridized carbons (Fsp3) is 0.529. The largest absolute Gasteiger partial charge is 0.467 e. The van der Waals surface area contributed by atoms with Crippen LogP contribution in [-0.4, -0.2) is 76.1 Å². The molecule has 10 heteroatoms. The molecule has 8 nitrogen and oxygen atoms in total. The molecule has 1 fully saturated rings. The van der Waals surface area contributed by atoms with Crippen LogP contribution in [0.15, 0.2) is 29.2 Å². The summed E-state index contributed by atoms with van der Waals surface area (Å²) in [5.41, 5.74) is 0.272. The van der Waals surface area contributed by atoms with Gasteiger partial charge in [-0.25, -0.2) is 13.2 Å². The van der Waals surface area contributed by atoms with E-state index in [0.717, 1.165) is 0 Å². The Kier molecular flexibility index (Phi) is 8.08. The van der Waals surface area contributed by atoms with E-state index in [1.54, 1.807) is 11.8 Å². The molecule has 1 N–H and O–H groups in total. The summed E-state index contributed by atoms with van der Waals surface area (Å²) in [6.45, 7) is 1.34. The van der Waals surface area contributed by atoms with Gasteiger partial charge in [0.15, 0.2) is 0 Å². The van der Waals surface area contributed by atoms with E-state index in [-0.39, 0.29) is 10.5 Å². The van der Waals surface area contributed by atoms with Crippen LogP contribution in [0, 0.1) is 0 Å². The van der Waals surface area contributed by atoms with E-state index in [1.165, 1.54) is 35.7 Å². The zero-order valence-corrected chi connectivity index (χ0v) is 17.0. The number of esters is 1. The Balaban J connectivity index is 2.08. The summed E-state index contributed by atoms with van der Waals surface area (Å²) in [4.78, 5) is 24.3. The van der Waals surface area contributed by atoms with Crippen molar-refractivity contribution in [3.63, 3.8) is 0 Å². The van der Waals surface area contributed by atoms with Crippen LogP contribution < -0.4 is 5.32 Å². The van der Waals surface area contributed by atoms with Crippen LogP contribution in [-0.2, 0) is 24.3 Å². The zero-order chi connectivity index (χ0) is 19.9. The molecule has 1 atom stereocenters. The van der Waals surface area contributed by atoms with Gasteiger partial charge in [0.05, 0.1) is 25.2 Å². The van der Waals surface area contributed by atoms with Crippen molar-refractivity contribution in [2.24, 2.45) is 0 Å². The lowest BCUT2D eigenvalue weighted by Crippen LogP contribution is -2.42. The highest BCUT2D eigenvalue weighted by Gasteiger charge is 2.27. The summed E-state index contributed by atoms with van der Waals surface area (Å²) in [5, 5.41) is 2.64. The van der Waals surface area contributed by atoms with Gasteiger partial charge in [-0.3, -0.25) is 4.79 Å². The van der Waals surface area contributed by atoms with Gasteiger partial charge in [-0.1, -0.05) is 0 Å². The van der Waals surface area contributed by atoms with Crippen molar-refractivity contribution < 1.29 is 27.5 Å². The Labute approximate surface area is 163 Å². The number of methoxy groups -OCH3 is 1. The fourth-order valence-corrected chi connectivity index (χ4v) is 4.46. The van der Waals surface area contributed by atoms with Gasteiger partial charge >= 0.3 is 5.97 Å². The monoisotopic (exact) mass is 416 g/mol. The Morgan fingerprint density at radius 3 is 2.44 bits per heavy atom. The van der Waals surface area contributed by atoms with Gasteiger partial charge in [-0.05, 0) is 42.7 Å². The van der Waals surface area contributed by atoms with Crippen molar-refractivity contribution >= 4 is 33.7 Å². The first-order valence-electron chi connectivity index (χ1n) is 8.45. The van der Waals surface area contributed by atoms with E-state index in [9.17, 15) is 18.0 Å². The number of carbonyl (C=O) groups is 2. The van der Waals surface area contributed by atoms with Crippen LogP contribution in [0.1, 0.15) is 16.8 Å². The number of ether oxygens (including phenoxy) is 2. The molecule has 0 saturated carbocycles. The van der Waals surface area contributed by atoms with E-state index in [2.05, 4.69) is 5.32 Å². The van der Waals surface area contributed by atoms with Crippen LogP contribution in [0.25, 0.3) is 0 Å². The van der Waals surface area contributed by atoms with Gasteiger partial charge in [-0.15, -0.1) is 0 Å². The number of carbonyl (C=O) groups excluding carboxylic acids is 2. The Morgan fingerprint density at radius 1 is 1.26 bits per heavy atom. The lowest BCUT2D eigenvalue weighted by molar-refractivity contribution is -0.142. The molecule has 1 aliphatic heterocycles. The maximum absolute atomic E-state index is 12.6. The Hall–Kier alpha value is -1.62. The highest BCUT2D eigenvalue weighted by atomic mass is 32.2. The summed E-state index contributed by atoms with van der Waals surface area (Å²) in [6, 6.07) is 4.92. The van der Waals surface area contributed by atoms with Crippen LogP contribution in [0.5, 0.6) is 0 Å². The number of rotatable bonds is 8. The predicted molar refractivity (Wildman–Crippen MR) is 102 cm³/mol. The van der Waals surface area contributed by atoms with Gasteiger partial charge < -0.3 is 14.8 Å². The number of hydrogen-bond donors (Lipinski definition) is 1. The fourth-order valence-electron chi connectivity index (χ4n) is 2.58. The first kappa shape index (κ1) is 21.7. The Morgan fingerprint density at radius 2 is 1.89 bits per heavy atom. The first-order chi connectivity index (χ1) is 12.9. The minimum Gasteiger partial charge on any atom is -0.467 e. The summed E-state index contributed by atoms with van der Waals surface area (Å²) < 4.78 is 36.5. The van der Waals surface area contributed by atoms with Crippen molar-refractivity contribution in [3.8, 4) is 0 Å². The van der Waals surface area contributed by atoms with Gasteiger partial charge in [-0.2, -0.15) is 16.1 Å². The molecular formula is C17H24N2O6S2. The van der Waals surface area contributed by atoms with Crippen LogP contribution >= 0.6 is 11.8 Å². The van der Waals surface area contributed by atoms with Crippen molar-refractivity contribution in [1.29, 1.82) is 0 Å². The molecule has 0 radical (unpaired) electrons. The number of nitrogens with zero attached hydrogens (tertiary/aromatic N) is 1. The predicted octanol–water partition coefficient (Wildman–Crippen LogP) is 0.732. The van der Waals surface area contributed by atoms with Crippen molar-refractivity contribution in [2.75, 3.05) is 45.4 Å². The van der Waals surface area contributed by atoms with Gasteiger partial charge in [0.1, 0.15) is 6.04 Å². The number of hydrogen-bond acceptors (Lipinski definition) is 7. The average molecular weight is 417 g/mol. The molecular weight excluding hydrogens is 392 g/mol. The van der Waals surface area contributed by atoms with E-state index in [4.69, 9.17) is 9.47 Å². The van der Waals surface area contributed by atoms with Crippen LogP contribution in [0.4, 0.5) is 0 Å². The molecule has 1 aromatic carbocycles. The third-order valence-electron chi connectivity index (χ3n) is 4.13. The van der Waals surface area contributed by atoms with Crippen molar-refractivity contribution in [3.05, 3.63) is 29.8 Å². The second kappa shape index (κ2) is 10.1. The lowest BCUT2D eigenvalue weighted by atomic mass is 10.1. The van der Waals surface area contributed by atoms with E-state index < -0.39 is 27.9 Å². The van der Waals surface area contributed by atoms with E-state index in [1.807, 2.05) is 6.26 Å². The Bertz CT molecular complexity index is 745. The molecule has 150 valence electrons. The van der Waals surface area contributed by atoms with Crippen LogP contribution in [0.2, 0.25) is 0 Å².